The molecule has 0 fully saturated rings. The Bertz CT molecular complexity index is 942. The number of ether oxygens (including phenoxy) is 1. The van der Waals surface area contributed by atoms with Crippen molar-refractivity contribution in [1.29, 1.82) is 0 Å². The summed E-state index contributed by atoms with van der Waals surface area (Å²) < 4.78 is 45.9. The average Bonchev–Trinajstić information content (AvgIpc) is 2.95. The fourth-order valence-corrected chi connectivity index (χ4v) is 3.38. The normalized spacial score (nSPS) is 11.3. The highest BCUT2D eigenvalue weighted by Crippen LogP contribution is 2.42. The molecular formula is C18H16BrF3N4O. The predicted molar refractivity (Wildman–Crippen MR) is 102 cm³/mol. The van der Waals surface area contributed by atoms with E-state index in [4.69, 9.17) is 4.74 Å². The second-order valence-electron chi connectivity index (χ2n) is 5.66. The molecular weight excluding hydrogens is 425 g/mol. The maximum Gasteiger partial charge on any atom is 0.436 e. The lowest BCUT2D eigenvalue weighted by molar-refractivity contribution is -0.142. The first kappa shape index (κ1) is 19.1. The lowest BCUT2D eigenvalue weighted by atomic mass is 10.1. The van der Waals surface area contributed by atoms with E-state index in [2.05, 4.69) is 31.9 Å². The zero-order valence-electron chi connectivity index (χ0n) is 14.4. The molecule has 3 rings (SSSR count). The van der Waals surface area contributed by atoms with Gasteiger partial charge < -0.3 is 15.6 Å². The maximum atomic E-state index is 13.2. The molecule has 0 spiro atoms. The van der Waals surface area contributed by atoms with Gasteiger partial charge in [-0.15, -0.1) is 0 Å². The molecule has 1 heterocycles. The lowest BCUT2D eigenvalue weighted by Crippen LogP contribution is -2.08. The fourth-order valence-electron chi connectivity index (χ4n) is 2.61. The SMILES string of the molecule is COc1ccc(NNc2ccccc2)cc1-c1c(Br)c(C(F)(F)F)nn1C. The summed E-state index contributed by atoms with van der Waals surface area (Å²) in [6.45, 7) is 0. The number of para-hydroxylation sites is 1. The summed E-state index contributed by atoms with van der Waals surface area (Å²) in [7, 11) is 2.92. The number of alkyl halides is 3. The number of rotatable bonds is 5. The lowest BCUT2D eigenvalue weighted by Gasteiger charge is -2.14. The summed E-state index contributed by atoms with van der Waals surface area (Å²) >= 11 is 3.04. The molecule has 0 aliphatic heterocycles. The smallest absolute Gasteiger partial charge is 0.436 e. The van der Waals surface area contributed by atoms with Crippen LogP contribution in [-0.4, -0.2) is 16.9 Å². The number of aryl methyl sites for hydroxylation is 1. The Morgan fingerprint density at radius 2 is 1.70 bits per heavy atom. The van der Waals surface area contributed by atoms with Gasteiger partial charge in [-0.2, -0.15) is 18.3 Å². The second-order valence-corrected chi connectivity index (χ2v) is 6.46. The van der Waals surface area contributed by atoms with Crippen LogP contribution in [0.3, 0.4) is 0 Å². The number of aromatic nitrogens is 2. The molecule has 3 aromatic rings. The second kappa shape index (κ2) is 7.51. The minimum Gasteiger partial charge on any atom is -0.496 e. The van der Waals surface area contributed by atoms with Gasteiger partial charge in [-0.25, -0.2) is 0 Å². The summed E-state index contributed by atoms with van der Waals surface area (Å²) in [6.07, 6.45) is -4.56. The van der Waals surface area contributed by atoms with E-state index < -0.39 is 11.9 Å². The van der Waals surface area contributed by atoms with Gasteiger partial charge in [-0.1, -0.05) is 18.2 Å². The third kappa shape index (κ3) is 4.02. The third-order valence-corrected chi connectivity index (χ3v) is 4.59. The van der Waals surface area contributed by atoms with Gasteiger partial charge in [0, 0.05) is 12.6 Å². The Balaban J connectivity index is 1.99. The van der Waals surface area contributed by atoms with Gasteiger partial charge in [0.05, 0.1) is 28.7 Å². The Morgan fingerprint density at radius 1 is 1.04 bits per heavy atom. The number of benzene rings is 2. The number of nitrogens with one attached hydrogen (secondary N) is 2. The van der Waals surface area contributed by atoms with Crippen LogP contribution < -0.4 is 15.6 Å². The Morgan fingerprint density at radius 3 is 2.30 bits per heavy atom. The molecule has 1 aromatic heterocycles. The quantitative estimate of drug-likeness (QED) is 0.527. The molecule has 0 saturated carbocycles. The number of nitrogens with zero attached hydrogens (tertiary/aromatic N) is 2. The van der Waals surface area contributed by atoms with Crippen LogP contribution >= 0.6 is 15.9 Å². The van der Waals surface area contributed by atoms with Crippen molar-refractivity contribution < 1.29 is 17.9 Å². The fraction of sp³-hybridized carbons (Fsp3) is 0.167. The molecule has 9 heteroatoms. The van der Waals surface area contributed by atoms with E-state index in [1.807, 2.05) is 30.3 Å². The van der Waals surface area contributed by atoms with Crippen LogP contribution in [0.25, 0.3) is 11.3 Å². The van der Waals surface area contributed by atoms with Gasteiger partial charge in [0.15, 0.2) is 5.69 Å². The number of hydrazine groups is 1. The minimum absolute atomic E-state index is 0.135. The predicted octanol–water partition coefficient (Wildman–Crippen LogP) is 5.32. The molecule has 2 N–H and O–H groups in total. The highest BCUT2D eigenvalue weighted by molar-refractivity contribution is 9.10. The minimum atomic E-state index is -4.56. The largest absolute Gasteiger partial charge is 0.496 e. The molecule has 0 saturated heterocycles. The van der Waals surface area contributed by atoms with Crippen LogP contribution in [0.4, 0.5) is 24.5 Å². The molecule has 27 heavy (non-hydrogen) atoms. The first-order valence-electron chi connectivity index (χ1n) is 7.86. The molecule has 5 nitrogen and oxygen atoms in total. The number of hydrogen-bond donors (Lipinski definition) is 2. The topological polar surface area (TPSA) is 51.1 Å². The van der Waals surface area contributed by atoms with E-state index in [0.717, 1.165) is 5.69 Å². The summed E-state index contributed by atoms with van der Waals surface area (Å²) in [6, 6.07) is 14.6. The molecule has 142 valence electrons. The number of methoxy groups -OCH3 is 1. The van der Waals surface area contributed by atoms with Crippen molar-refractivity contribution in [2.24, 2.45) is 7.05 Å². The Kier molecular flexibility index (Phi) is 5.31. The zero-order valence-corrected chi connectivity index (χ0v) is 16.0. The molecule has 0 amide bonds. The monoisotopic (exact) mass is 440 g/mol. The summed E-state index contributed by atoms with van der Waals surface area (Å²) in [5.41, 5.74) is 7.30. The molecule has 2 aromatic carbocycles. The van der Waals surface area contributed by atoms with Crippen LogP contribution in [0.1, 0.15) is 5.69 Å². The summed E-state index contributed by atoms with van der Waals surface area (Å²) in [5.74, 6) is 0.428. The van der Waals surface area contributed by atoms with E-state index in [-0.39, 0.29) is 10.2 Å². The van der Waals surface area contributed by atoms with Crippen molar-refractivity contribution in [3.8, 4) is 17.0 Å². The van der Waals surface area contributed by atoms with Crippen molar-refractivity contribution in [1.82, 2.24) is 9.78 Å². The maximum absolute atomic E-state index is 13.2. The number of hydrogen-bond acceptors (Lipinski definition) is 4. The van der Waals surface area contributed by atoms with Crippen molar-refractivity contribution in [3.63, 3.8) is 0 Å². The molecule has 0 unspecified atom stereocenters. The van der Waals surface area contributed by atoms with Gasteiger partial charge >= 0.3 is 6.18 Å². The van der Waals surface area contributed by atoms with Crippen LogP contribution in [0, 0.1) is 0 Å². The van der Waals surface area contributed by atoms with Crippen LogP contribution in [0.5, 0.6) is 5.75 Å². The van der Waals surface area contributed by atoms with Gasteiger partial charge in [-0.3, -0.25) is 4.68 Å². The van der Waals surface area contributed by atoms with Crippen molar-refractivity contribution in [2.75, 3.05) is 18.0 Å². The Hall–Kier alpha value is -2.68. The average molecular weight is 441 g/mol. The first-order valence-corrected chi connectivity index (χ1v) is 8.65. The van der Waals surface area contributed by atoms with Crippen molar-refractivity contribution >= 4 is 27.3 Å². The number of halogens is 4. The van der Waals surface area contributed by atoms with E-state index in [1.165, 1.54) is 18.8 Å². The highest BCUT2D eigenvalue weighted by Gasteiger charge is 2.38. The number of anilines is 2. The first-order chi connectivity index (χ1) is 12.8. The molecule has 0 aliphatic carbocycles. The van der Waals surface area contributed by atoms with E-state index in [1.54, 1.807) is 18.2 Å². The highest BCUT2D eigenvalue weighted by atomic mass is 79.9. The molecule has 0 bridgehead atoms. The van der Waals surface area contributed by atoms with Crippen molar-refractivity contribution in [3.05, 3.63) is 58.7 Å². The molecule has 0 aliphatic rings. The van der Waals surface area contributed by atoms with E-state index >= 15 is 0 Å². The van der Waals surface area contributed by atoms with Crippen molar-refractivity contribution in [2.45, 2.75) is 6.18 Å². The molecule has 0 atom stereocenters. The standard InChI is InChI=1S/C18H16BrF3N4O/c1-26-16(15(19)17(25-26)18(20,21)22)13-10-12(8-9-14(13)27-2)24-23-11-6-4-3-5-7-11/h3-10,23-24H,1-2H3. The van der Waals surface area contributed by atoms with Gasteiger partial charge in [-0.05, 0) is 46.3 Å². The van der Waals surface area contributed by atoms with Gasteiger partial charge in [0.25, 0.3) is 0 Å². The van der Waals surface area contributed by atoms with Gasteiger partial charge in [0.2, 0.25) is 0 Å². The van der Waals surface area contributed by atoms with Crippen LogP contribution in [0.15, 0.2) is 53.0 Å². The van der Waals surface area contributed by atoms with E-state index in [0.29, 0.717) is 17.0 Å². The van der Waals surface area contributed by atoms with Crippen LogP contribution in [-0.2, 0) is 13.2 Å². The summed E-state index contributed by atoms with van der Waals surface area (Å²) in [5, 5.41) is 3.61. The third-order valence-electron chi connectivity index (χ3n) is 3.84. The molecule has 0 radical (unpaired) electrons. The van der Waals surface area contributed by atoms with Gasteiger partial charge in [0.1, 0.15) is 5.75 Å². The zero-order chi connectivity index (χ0) is 19.6. The summed E-state index contributed by atoms with van der Waals surface area (Å²) in [4.78, 5) is 0. The van der Waals surface area contributed by atoms with E-state index in [9.17, 15) is 13.2 Å². The van der Waals surface area contributed by atoms with Crippen LogP contribution in [0.2, 0.25) is 0 Å². The Labute approximate surface area is 162 Å².